The molecule has 1 aliphatic carbocycles. The van der Waals surface area contributed by atoms with Gasteiger partial charge in [-0.1, -0.05) is 6.92 Å². The molecular weight excluding hydrogens is 232 g/mol. The van der Waals surface area contributed by atoms with Gasteiger partial charge in [-0.2, -0.15) is 0 Å². The molecule has 1 unspecified atom stereocenters. The summed E-state index contributed by atoms with van der Waals surface area (Å²) in [5, 5.41) is 12.2. The molecule has 0 aromatic rings. The van der Waals surface area contributed by atoms with Gasteiger partial charge >= 0.3 is 6.09 Å². The Morgan fingerprint density at radius 2 is 1.94 bits per heavy atom. The number of hydrogen-bond acceptors (Lipinski definition) is 2. The first-order chi connectivity index (χ1) is 8.27. The Balaban J connectivity index is 2.77. The van der Waals surface area contributed by atoms with E-state index in [2.05, 4.69) is 5.32 Å². The Kier molecular flexibility index (Phi) is 4.59. The summed E-state index contributed by atoms with van der Waals surface area (Å²) < 4.78 is 0. The van der Waals surface area contributed by atoms with E-state index in [9.17, 15) is 14.7 Å². The van der Waals surface area contributed by atoms with Crippen LogP contribution in [0.2, 0.25) is 0 Å². The number of nitrogens with zero attached hydrogens (tertiary/aromatic N) is 1. The van der Waals surface area contributed by atoms with Crippen molar-refractivity contribution in [2.45, 2.75) is 71.0 Å². The van der Waals surface area contributed by atoms with Crippen molar-refractivity contribution in [1.82, 2.24) is 10.2 Å². The molecule has 18 heavy (non-hydrogen) atoms. The Hall–Kier alpha value is -1.26. The quantitative estimate of drug-likeness (QED) is 0.810. The molecule has 1 atom stereocenters. The lowest BCUT2D eigenvalue weighted by molar-refractivity contribution is -0.129. The zero-order valence-electron chi connectivity index (χ0n) is 11.7. The second-order valence-electron chi connectivity index (χ2n) is 5.88. The van der Waals surface area contributed by atoms with Crippen molar-refractivity contribution in [3.05, 3.63) is 0 Å². The molecule has 1 saturated carbocycles. The van der Waals surface area contributed by atoms with Gasteiger partial charge in [0.25, 0.3) is 0 Å². The van der Waals surface area contributed by atoms with Gasteiger partial charge in [-0.3, -0.25) is 9.69 Å². The van der Waals surface area contributed by atoms with E-state index >= 15 is 0 Å². The Morgan fingerprint density at radius 3 is 2.22 bits per heavy atom. The lowest BCUT2D eigenvalue weighted by Gasteiger charge is -2.39. The normalized spacial score (nSPS) is 17.8. The van der Waals surface area contributed by atoms with Crippen LogP contribution >= 0.6 is 0 Å². The minimum Gasteiger partial charge on any atom is -0.465 e. The molecule has 5 nitrogen and oxygen atoms in total. The van der Waals surface area contributed by atoms with Crippen LogP contribution < -0.4 is 5.32 Å². The van der Waals surface area contributed by atoms with Gasteiger partial charge in [-0.15, -0.1) is 0 Å². The molecule has 5 heteroatoms. The average Bonchev–Trinajstić information content (AvgIpc) is 2.16. The van der Waals surface area contributed by atoms with Crippen molar-refractivity contribution in [2.75, 3.05) is 0 Å². The zero-order chi connectivity index (χ0) is 13.9. The fraction of sp³-hybridized carbons (Fsp3) is 0.846. The van der Waals surface area contributed by atoms with Gasteiger partial charge in [0, 0.05) is 11.6 Å². The van der Waals surface area contributed by atoms with Gasteiger partial charge in [-0.05, 0) is 46.5 Å². The molecule has 1 aliphatic rings. The molecule has 0 aromatic heterocycles. The predicted octanol–water partition coefficient (Wildman–Crippen LogP) is 2.21. The highest BCUT2D eigenvalue weighted by atomic mass is 16.4. The SMILES string of the molecule is CCC(C(=O)NC1CCC1)N(C(=O)O)C(C)(C)C. The summed E-state index contributed by atoms with van der Waals surface area (Å²) in [6.07, 6.45) is 2.60. The van der Waals surface area contributed by atoms with Crippen LogP contribution in [0.15, 0.2) is 0 Å². The summed E-state index contributed by atoms with van der Waals surface area (Å²) in [7, 11) is 0. The summed E-state index contributed by atoms with van der Waals surface area (Å²) in [5.74, 6) is -0.167. The third-order valence-corrected chi connectivity index (χ3v) is 3.38. The van der Waals surface area contributed by atoms with Gasteiger partial charge < -0.3 is 10.4 Å². The van der Waals surface area contributed by atoms with E-state index in [1.807, 2.05) is 6.92 Å². The highest BCUT2D eigenvalue weighted by Crippen LogP contribution is 2.22. The van der Waals surface area contributed by atoms with E-state index in [1.54, 1.807) is 20.8 Å². The first kappa shape index (κ1) is 14.8. The first-order valence-electron chi connectivity index (χ1n) is 6.60. The highest BCUT2D eigenvalue weighted by molar-refractivity contribution is 5.85. The molecule has 0 aromatic carbocycles. The lowest BCUT2D eigenvalue weighted by Crippen LogP contribution is -2.58. The summed E-state index contributed by atoms with van der Waals surface area (Å²) >= 11 is 0. The van der Waals surface area contributed by atoms with E-state index in [0.717, 1.165) is 19.3 Å². The van der Waals surface area contributed by atoms with Crippen LogP contribution in [0.25, 0.3) is 0 Å². The lowest BCUT2D eigenvalue weighted by atomic mass is 9.92. The molecule has 2 N–H and O–H groups in total. The molecule has 0 spiro atoms. The van der Waals surface area contributed by atoms with Crippen LogP contribution in [-0.4, -0.2) is 39.6 Å². The fourth-order valence-corrected chi connectivity index (χ4v) is 2.22. The molecular formula is C13H24N2O3. The summed E-state index contributed by atoms with van der Waals surface area (Å²) in [4.78, 5) is 24.8. The smallest absolute Gasteiger partial charge is 0.408 e. The van der Waals surface area contributed by atoms with Crippen LogP contribution in [0, 0.1) is 0 Å². The molecule has 0 heterocycles. The second-order valence-corrected chi connectivity index (χ2v) is 5.88. The van der Waals surface area contributed by atoms with Crippen LogP contribution in [0.5, 0.6) is 0 Å². The number of hydrogen-bond donors (Lipinski definition) is 2. The third-order valence-electron chi connectivity index (χ3n) is 3.38. The van der Waals surface area contributed by atoms with Crippen molar-refractivity contribution >= 4 is 12.0 Å². The van der Waals surface area contributed by atoms with Crippen LogP contribution in [0.3, 0.4) is 0 Å². The molecule has 0 saturated heterocycles. The van der Waals surface area contributed by atoms with Crippen molar-refractivity contribution in [3.8, 4) is 0 Å². The predicted molar refractivity (Wildman–Crippen MR) is 69.5 cm³/mol. The van der Waals surface area contributed by atoms with Gasteiger partial charge in [0.2, 0.25) is 5.91 Å². The third kappa shape index (κ3) is 3.37. The maximum absolute atomic E-state index is 12.2. The topological polar surface area (TPSA) is 69.6 Å². The van der Waals surface area contributed by atoms with Gasteiger partial charge in [0.05, 0.1) is 0 Å². The molecule has 0 radical (unpaired) electrons. The summed E-state index contributed by atoms with van der Waals surface area (Å²) in [5.41, 5.74) is -0.580. The molecule has 104 valence electrons. The first-order valence-corrected chi connectivity index (χ1v) is 6.60. The maximum atomic E-state index is 12.2. The fourth-order valence-electron chi connectivity index (χ4n) is 2.22. The molecule has 2 amide bonds. The second kappa shape index (κ2) is 5.59. The highest BCUT2D eigenvalue weighted by Gasteiger charge is 2.37. The minimum absolute atomic E-state index is 0.167. The number of carbonyl (C=O) groups is 2. The molecule has 0 aliphatic heterocycles. The average molecular weight is 256 g/mol. The maximum Gasteiger partial charge on any atom is 0.408 e. The standard InChI is InChI=1S/C13H24N2O3/c1-5-10(11(16)14-9-7-6-8-9)15(12(17)18)13(2,3)4/h9-10H,5-8H2,1-4H3,(H,14,16)(H,17,18). The molecule has 0 bridgehead atoms. The Bertz CT molecular complexity index is 319. The van der Waals surface area contributed by atoms with E-state index < -0.39 is 17.7 Å². The van der Waals surface area contributed by atoms with E-state index in [4.69, 9.17) is 0 Å². The largest absolute Gasteiger partial charge is 0.465 e. The van der Waals surface area contributed by atoms with E-state index in [-0.39, 0.29) is 11.9 Å². The number of carboxylic acid groups (broad SMARTS) is 1. The Morgan fingerprint density at radius 1 is 1.39 bits per heavy atom. The van der Waals surface area contributed by atoms with Gasteiger partial charge in [0.15, 0.2) is 0 Å². The van der Waals surface area contributed by atoms with Crippen LogP contribution in [-0.2, 0) is 4.79 Å². The van der Waals surface area contributed by atoms with Crippen molar-refractivity contribution < 1.29 is 14.7 Å². The zero-order valence-corrected chi connectivity index (χ0v) is 11.7. The monoisotopic (exact) mass is 256 g/mol. The Labute approximate surface area is 109 Å². The van der Waals surface area contributed by atoms with Crippen molar-refractivity contribution in [2.24, 2.45) is 0 Å². The number of amides is 2. The minimum atomic E-state index is -1.04. The number of carbonyl (C=O) groups excluding carboxylic acids is 1. The van der Waals surface area contributed by atoms with Crippen LogP contribution in [0.4, 0.5) is 4.79 Å². The van der Waals surface area contributed by atoms with Crippen molar-refractivity contribution in [1.29, 1.82) is 0 Å². The van der Waals surface area contributed by atoms with Gasteiger partial charge in [0.1, 0.15) is 6.04 Å². The van der Waals surface area contributed by atoms with E-state index in [1.165, 1.54) is 4.90 Å². The summed E-state index contributed by atoms with van der Waals surface area (Å²) in [6, 6.07) is -0.370. The summed E-state index contributed by atoms with van der Waals surface area (Å²) in [6.45, 7) is 7.26. The van der Waals surface area contributed by atoms with Crippen molar-refractivity contribution in [3.63, 3.8) is 0 Å². The van der Waals surface area contributed by atoms with E-state index in [0.29, 0.717) is 6.42 Å². The number of rotatable bonds is 4. The van der Waals surface area contributed by atoms with Gasteiger partial charge in [-0.25, -0.2) is 4.79 Å². The molecule has 1 fully saturated rings. The number of nitrogens with one attached hydrogen (secondary N) is 1. The van der Waals surface area contributed by atoms with Crippen LogP contribution in [0.1, 0.15) is 53.4 Å². The molecule has 1 rings (SSSR count).